The van der Waals surface area contributed by atoms with E-state index in [2.05, 4.69) is 43.1 Å². The third-order valence-corrected chi connectivity index (χ3v) is 5.34. The fourth-order valence-electron chi connectivity index (χ4n) is 2.59. The first kappa shape index (κ1) is 12.3. The van der Waals surface area contributed by atoms with E-state index < -0.39 is 0 Å². The third-order valence-electron chi connectivity index (χ3n) is 3.55. The Hall–Kier alpha value is -1.50. The van der Waals surface area contributed by atoms with Crippen molar-refractivity contribution in [3.8, 4) is 10.4 Å². The molecule has 0 unspecified atom stereocenters. The second-order valence-electron chi connectivity index (χ2n) is 4.74. The van der Waals surface area contributed by atoms with Crippen LogP contribution in [0.2, 0.25) is 0 Å². The van der Waals surface area contributed by atoms with E-state index in [1.807, 2.05) is 0 Å². The Bertz CT molecular complexity index is 714. The number of piperazine rings is 1. The quantitative estimate of drug-likeness (QED) is 0.790. The van der Waals surface area contributed by atoms with E-state index >= 15 is 0 Å². The first-order chi connectivity index (χ1) is 9.93. The maximum atomic E-state index is 4.57. The van der Waals surface area contributed by atoms with E-state index in [0.29, 0.717) is 0 Å². The van der Waals surface area contributed by atoms with Gasteiger partial charge in [-0.05, 0) is 11.4 Å². The van der Waals surface area contributed by atoms with Gasteiger partial charge in [-0.2, -0.15) is 0 Å². The summed E-state index contributed by atoms with van der Waals surface area (Å²) in [6.45, 7) is 4.05. The van der Waals surface area contributed by atoms with Gasteiger partial charge in [0.2, 0.25) is 0 Å². The summed E-state index contributed by atoms with van der Waals surface area (Å²) in [4.78, 5) is 13.7. The Balaban J connectivity index is 1.89. The first-order valence-corrected chi connectivity index (χ1v) is 8.41. The van der Waals surface area contributed by atoms with Crippen molar-refractivity contribution in [1.29, 1.82) is 0 Å². The van der Waals surface area contributed by atoms with Crippen LogP contribution in [0.5, 0.6) is 0 Å². The molecule has 0 saturated carbocycles. The van der Waals surface area contributed by atoms with Crippen LogP contribution >= 0.6 is 22.7 Å². The standard InChI is InChI=1S/C14H14N4S2/c1-2-11(19-7-1)10-8-20-14-12(10)13(16-9-17-14)18-5-3-15-4-6-18/h1-2,7-9,15H,3-6H2. The molecule has 1 aliphatic heterocycles. The van der Waals surface area contributed by atoms with Gasteiger partial charge in [-0.1, -0.05) is 6.07 Å². The maximum Gasteiger partial charge on any atom is 0.141 e. The smallest absolute Gasteiger partial charge is 0.141 e. The molecule has 4 rings (SSSR count). The van der Waals surface area contributed by atoms with Crippen molar-refractivity contribution in [2.24, 2.45) is 0 Å². The molecule has 0 bridgehead atoms. The molecule has 4 nitrogen and oxygen atoms in total. The summed E-state index contributed by atoms with van der Waals surface area (Å²) < 4.78 is 0. The number of hydrogen-bond donors (Lipinski definition) is 1. The van der Waals surface area contributed by atoms with Crippen molar-refractivity contribution in [2.75, 3.05) is 31.1 Å². The van der Waals surface area contributed by atoms with E-state index in [0.717, 1.165) is 36.8 Å². The van der Waals surface area contributed by atoms with Crippen LogP contribution in [0, 0.1) is 0 Å². The molecule has 0 amide bonds. The van der Waals surface area contributed by atoms with Crippen LogP contribution in [-0.4, -0.2) is 36.1 Å². The third kappa shape index (κ3) is 2.00. The van der Waals surface area contributed by atoms with Crippen molar-refractivity contribution >= 4 is 38.7 Å². The largest absolute Gasteiger partial charge is 0.353 e. The van der Waals surface area contributed by atoms with Crippen molar-refractivity contribution in [3.05, 3.63) is 29.2 Å². The van der Waals surface area contributed by atoms with Gasteiger partial charge in [-0.25, -0.2) is 9.97 Å². The number of aromatic nitrogens is 2. The van der Waals surface area contributed by atoms with Gasteiger partial charge in [0.05, 0.1) is 5.39 Å². The predicted molar refractivity (Wildman–Crippen MR) is 85.8 cm³/mol. The molecule has 0 aliphatic carbocycles. The molecule has 1 aliphatic rings. The molecule has 3 aromatic heterocycles. The summed E-state index contributed by atoms with van der Waals surface area (Å²) in [5.41, 5.74) is 1.27. The number of nitrogens with one attached hydrogen (secondary N) is 1. The van der Waals surface area contributed by atoms with Crippen LogP contribution in [0.1, 0.15) is 0 Å². The Morgan fingerprint density at radius 1 is 1.15 bits per heavy atom. The van der Waals surface area contributed by atoms with Crippen LogP contribution in [-0.2, 0) is 0 Å². The number of anilines is 1. The van der Waals surface area contributed by atoms with Gasteiger partial charge in [0.15, 0.2) is 0 Å². The van der Waals surface area contributed by atoms with E-state index in [9.17, 15) is 0 Å². The monoisotopic (exact) mass is 302 g/mol. The second kappa shape index (κ2) is 5.12. The van der Waals surface area contributed by atoms with E-state index in [4.69, 9.17) is 0 Å². The minimum Gasteiger partial charge on any atom is -0.353 e. The lowest BCUT2D eigenvalue weighted by molar-refractivity contribution is 0.586. The Kier molecular flexibility index (Phi) is 3.14. The Labute approximate surface area is 125 Å². The van der Waals surface area contributed by atoms with E-state index in [1.54, 1.807) is 29.0 Å². The molecule has 1 fully saturated rings. The van der Waals surface area contributed by atoms with Gasteiger partial charge < -0.3 is 10.2 Å². The fraction of sp³-hybridized carbons (Fsp3) is 0.286. The van der Waals surface area contributed by atoms with Crippen LogP contribution in [0.4, 0.5) is 5.82 Å². The highest BCUT2D eigenvalue weighted by molar-refractivity contribution is 7.18. The average molecular weight is 302 g/mol. The summed E-state index contributed by atoms with van der Waals surface area (Å²) >= 11 is 3.47. The van der Waals surface area contributed by atoms with Crippen molar-refractivity contribution in [3.63, 3.8) is 0 Å². The molecule has 20 heavy (non-hydrogen) atoms. The number of nitrogens with zero attached hydrogens (tertiary/aromatic N) is 3. The SMILES string of the molecule is c1csc(-c2csc3ncnc(N4CCNCC4)c23)c1. The number of rotatable bonds is 2. The first-order valence-electron chi connectivity index (χ1n) is 6.65. The topological polar surface area (TPSA) is 41.1 Å². The molecular formula is C14H14N4S2. The van der Waals surface area contributed by atoms with Gasteiger partial charge in [0.25, 0.3) is 0 Å². The Morgan fingerprint density at radius 2 is 2.05 bits per heavy atom. The lowest BCUT2D eigenvalue weighted by Crippen LogP contribution is -2.44. The van der Waals surface area contributed by atoms with Crippen LogP contribution < -0.4 is 10.2 Å². The highest BCUT2D eigenvalue weighted by Crippen LogP contribution is 2.39. The summed E-state index contributed by atoms with van der Waals surface area (Å²) in [7, 11) is 0. The maximum absolute atomic E-state index is 4.57. The van der Waals surface area contributed by atoms with Gasteiger partial charge in [0, 0.05) is 42.0 Å². The van der Waals surface area contributed by atoms with Crippen molar-refractivity contribution in [2.45, 2.75) is 0 Å². The molecule has 0 radical (unpaired) electrons. The molecule has 1 saturated heterocycles. The normalized spacial score (nSPS) is 15.9. The minimum absolute atomic E-state index is 1.01. The molecule has 0 spiro atoms. The number of thiophene rings is 2. The summed E-state index contributed by atoms with van der Waals surface area (Å²) in [5.74, 6) is 1.08. The lowest BCUT2D eigenvalue weighted by Gasteiger charge is -2.28. The minimum atomic E-state index is 1.01. The van der Waals surface area contributed by atoms with Gasteiger partial charge in [-0.15, -0.1) is 22.7 Å². The summed E-state index contributed by atoms with van der Waals surface area (Å²) in [6.07, 6.45) is 1.69. The zero-order valence-corrected chi connectivity index (χ0v) is 12.5. The molecule has 0 aromatic carbocycles. The van der Waals surface area contributed by atoms with Crippen LogP contribution in [0.15, 0.2) is 29.2 Å². The molecule has 3 aromatic rings. The summed E-state index contributed by atoms with van der Waals surface area (Å²) in [6, 6.07) is 4.26. The van der Waals surface area contributed by atoms with E-state index in [-0.39, 0.29) is 0 Å². The molecule has 6 heteroatoms. The van der Waals surface area contributed by atoms with Gasteiger partial charge in [-0.3, -0.25) is 0 Å². The molecular weight excluding hydrogens is 288 g/mol. The molecule has 102 valence electrons. The zero-order valence-electron chi connectivity index (χ0n) is 10.9. The predicted octanol–water partition coefficient (Wildman–Crippen LogP) is 2.83. The molecule has 1 N–H and O–H groups in total. The van der Waals surface area contributed by atoms with Crippen LogP contribution in [0.25, 0.3) is 20.7 Å². The van der Waals surface area contributed by atoms with Crippen molar-refractivity contribution < 1.29 is 0 Å². The average Bonchev–Trinajstić information content (AvgIpc) is 3.16. The highest BCUT2D eigenvalue weighted by Gasteiger charge is 2.19. The lowest BCUT2D eigenvalue weighted by atomic mass is 10.2. The second-order valence-corrected chi connectivity index (χ2v) is 6.55. The molecule has 4 heterocycles. The Morgan fingerprint density at radius 3 is 2.85 bits per heavy atom. The molecule has 0 atom stereocenters. The van der Waals surface area contributed by atoms with Gasteiger partial charge in [0.1, 0.15) is 17.0 Å². The fourth-order valence-corrected chi connectivity index (χ4v) is 4.31. The zero-order chi connectivity index (χ0) is 13.4. The highest BCUT2D eigenvalue weighted by atomic mass is 32.1. The van der Waals surface area contributed by atoms with E-state index in [1.165, 1.54) is 15.8 Å². The number of fused-ring (bicyclic) bond motifs is 1. The summed E-state index contributed by atoms with van der Waals surface area (Å²) in [5, 5.41) is 8.92. The van der Waals surface area contributed by atoms with Crippen molar-refractivity contribution in [1.82, 2.24) is 15.3 Å². The van der Waals surface area contributed by atoms with Crippen LogP contribution in [0.3, 0.4) is 0 Å². The number of hydrogen-bond acceptors (Lipinski definition) is 6. The van der Waals surface area contributed by atoms with Gasteiger partial charge >= 0.3 is 0 Å².